The van der Waals surface area contributed by atoms with Crippen LogP contribution in [0.5, 0.6) is 0 Å². The van der Waals surface area contributed by atoms with Gasteiger partial charge in [-0.15, -0.1) is 22.7 Å². The Bertz CT molecular complexity index is 2140. The largest absolute Gasteiger partial charge is 0.386 e. The zero-order valence-corrected chi connectivity index (χ0v) is 22.1. The van der Waals surface area contributed by atoms with Crippen molar-refractivity contribution in [3.63, 3.8) is 0 Å². The molecule has 0 radical (unpaired) electrons. The van der Waals surface area contributed by atoms with Crippen LogP contribution in [0.15, 0.2) is 109 Å². The van der Waals surface area contributed by atoms with Crippen molar-refractivity contribution in [1.82, 2.24) is 0 Å². The van der Waals surface area contributed by atoms with Gasteiger partial charge in [0.05, 0.1) is 11.1 Å². The molecule has 0 saturated carbocycles. The Labute approximate surface area is 230 Å². The van der Waals surface area contributed by atoms with Crippen molar-refractivity contribution >= 4 is 96.5 Å². The van der Waals surface area contributed by atoms with Crippen LogP contribution in [0.2, 0.25) is 0 Å². The van der Waals surface area contributed by atoms with Crippen molar-refractivity contribution in [2.24, 2.45) is 0 Å². The number of carbonyl (C=O) groups excluding carboxylic acids is 2. The molecule has 0 N–H and O–H groups in total. The molecule has 0 amide bonds. The van der Waals surface area contributed by atoms with Gasteiger partial charge < -0.3 is 4.74 Å². The normalized spacial score (nSPS) is 11.8. The lowest BCUT2D eigenvalue weighted by atomic mass is 9.98. The number of thiophene rings is 2. The van der Waals surface area contributed by atoms with E-state index in [0.29, 0.717) is 11.1 Å². The Morgan fingerprint density at radius 3 is 1.38 bits per heavy atom. The maximum atomic E-state index is 13.7. The minimum absolute atomic E-state index is 0.390. The summed E-state index contributed by atoms with van der Waals surface area (Å²) in [5.74, 6) is -1.29. The van der Waals surface area contributed by atoms with E-state index in [1.807, 2.05) is 60.7 Å². The van der Waals surface area contributed by atoms with Crippen molar-refractivity contribution in [1.29, 1.82) is 0 Å². The third-order valence-electron chi connectivity index (χ3n) is 7.39. The van der Waals surface area contributed by atoms with E-state index >= 15 is 0 Å². The minimum atomic E-state index is -0.646. The molecule has 8 rings (SSSR count). The molecule has 0 saturated heterocycles. The molecule has 5 heteroatoms. The maximum Gasteiger partial charge on any atom is 0.346 e. The number of rotatable bonds is 2. The van der Waals surface area contributed by atoms with Gasteiger partial charge in [0, 0.05) is 51.1 Å². The molecule has 0 spiro atoms. The molecule has 2 aromatic heterocycles. The van der Waals surface area contributed by atoms with Gasteiger partial charge in [0.2, 0.25) is 0 Å². The van der Waals surface area contributed by atoms with Gasteiger partial charge in [-0.05, 0) is 47.2 Å². The zero-order valence-electron chi connectivity index (χ0n) is 20.4. The molecule has 0 aliphatic rings. The van der Waals surface area contributed by atoms with Crippen LogP contribution in [-0.4, -0.2) is 11.9 Å². The lowest BCUT2D eigenvalue weighted by Gasteiger charge is -2.10. The summed E-state index contributed by atoms with van der Waals surface area (Å²) in [7, 11) is 0. The molecule has 2 heterocycles. The Morgan fingerprint density at radius 1 is 0.436 bits per heavy atom. The first-order valence-corrected chi connectivity index (χ1v) is 14.2. The fourth-order valence-electron chi connectivity index (χ4n) is 5.72. The van der Waals surface area contributed by atoms with Crippen LogP contribution in [0.4, 0.5) is 0 Å². The summed E-state index contributed by atoms with van der Waals surface area (Å²) in [4.78, 5) is 27.3. The second-order valence-electron chi connectivity index (χ2n) is 9.56. The molecule has 8 aromatic rings. The summed E-state index contributed by atoms with van der Waals surface area (Å²) in [6, 6.07) is 35.8. The van der Waals surface area contributed by atoms with Gasteiger partial charge in [-0.25, -0.2) is 9.59 Å². The number of carbonyl (C=O) groups is 2. The van der Waals surface area contributed by atoms with Crippen molar-refractivity contribution in [3.05, 3.63) is 120 Å². The molecule has 0 bridgehead atoms. The number of ether oxygens (including phenoxy) is 1. The van der Waals surface area contributed by atoms with Crippen LogP contribution in [0.1, 0.15) is 20.7 Å². The minimum Gasteiger partial charge on any atom is -0.386 e. The smallest absolute Gasteiger partial charge is 0.346 e. The molecule has 184 valence electrons. The van der Waals surface area contributed by atoms with Gasteiger partial charge in [0.15, 0.2) is 0 Å². The number of fused-ring (bicyclic) bond motifs is 10. The molecule has 6 aromatic carbocycles. The fourth-order valence-corrected chi connectivity index (χ4v) is 7.95. The van der Waals surface area contributed by atoms with E-state index in [4.69, 9.17) is 4.74 Å². The SMILES string of the molecule is O=C(OC(=O)c1cccc2ccc3sc4ccccc4c3c12)c1cccc2ccc3sc4ccccc4c3c12. The number of benzene rings is 6. The quantitative estimate of drug-likeness (QED) is 0.163. The van der Waals surface area contributed by atoms with E-state index in [-0.39, 0.29) is 0 Å². The highest BCUT2D eigenvalue weighted by Gasteiger charge is 2.22. The van der Waals surface area contributed by atoms with E-state index in [1.54, 1.807) is 34.8 Å². The summed E-state index contributed by atoms with van der Waals surface area (Å²) in [6.07, 6.45) is 0. The molecular weight excluding hydrogens is 521 g/mol. The van der Waals surface area contributed by atoms with Crippen LogP contribution in [0.25, 0.3) is 61.9 Å². The molecule has 0 aliphatic heterocycles. The lowest BCUT2D eigenvalue weighted by molar-refractivity contribution is 0.0401. The van der Waals surface area contributed by atoms with E-state index in [2.05, 4.69) is 36.4 Å². The average Bonchev–Trinajstić information content (AvgIpc) is 3.55. The molecule has 0 aliphatic carbocycles. The van der Waals surface area contributed by atoms with E-state index in [9.17, 15) is 9.59 Å². The van der Waals surface area contributed by atoms with E-state index in [1.165, 1.54) is 0 Å². The topological polar surface area (TPSA) is 43.4 Å². The Kier molecular flexibility index (Phi) is 4.86. The van der Waals surface area contributed by atoms with Gasteiger partial charge in [-0.2, -0.15) is 0 Å². The molecule has 0 fully saturated rings. The Hall–Kier alpha value is -4.58. The van der Waals surface area contributed by atoms with Gasteiger partial charge >= 0.3 is 11.9 Å². The molecular formula is C34H18O3S2. The lowest BCUT2D eigenvalue weighted by Crippen LogP contribution is -2.13. The number of hydrogen-bond donors (Lipinski definition) is 0. The van der Waals surface area contributed by atoms with Crippen LogP contribution < -0.4 is 0 Å². The number of hydrogen-bond acceptors (Lipinski definition) is 5. The Balaban J connectivity index is 1.29. The maximum absolute atomic E-state index is 13.7. The Morgan fingerprint density at radius 2 is 0.897 bits per heavy atom. The second kappa shape index (κ2) is 8.46. The summed E-state index contributed by atoms with van der Waals surface area (Å²) in [5, 5.41) is 7.72. The van der Waals surface area contributed by atoms with Crippen LogP contribution in [0, 0.1) is 0 Å². The predicted octanol–water partition coefficient (Wildman–Crippen LogP) is 9.73. The van der Waals surface area contributed by atoms with E-state index in [0.717, 1.165) is 61.9 Å². The first-order valence-electron chi connectivity index (χ1n) is 12.6. The average molecular weight is 539 g/mol. The molecule has 0 atom stereocenters. The third-order valence-corrected chi connectivity index (χ3v) is 9.66. The van der Waals surface area contributed by atoms with Crippen LogP contribution >= 0.6 is 22.7 Å². The van der Waals surface area contributed by atoms with Crippen molar-refractivity contribution in [2.45, 2.75) is 0 Å². The van der Waals surface area contributed by atoms with Crippen molar-refractivity contribution in [3.8, 4) is 0 Å². The second-order valence-corrected chi connectivity index (χ2v) is 11.7. The molecule has 3 nitrogen and oxygen atoms in total. The summed E-state index contributed by atoms with van der Waals surface area (Å²) in [5.41, 5.74) is 0.780. The van der Waals surface area contributed by atoms with Gasteiger partial charge in [-0.3, -0.25) is 0 Å². The fraction of sp³-hybridized carbons (Fsp3) is 0. The predicted molar refractivity (Wildman–Crippen MR) is 163 cm³/mol. The van der Waals surface area contributed by atoms with Gasteiger partial charge in [0.25, 0.3) is 0 Å². The first kappa shape index (κ1) is 22.4. The highest BCUT2D eigenvalue weighted by molar-refractivity contribution is 7.26. The van der Waals surface area contributed by atoms with Crippen molar-refractivity contribution < 1.29 is 14.3 Å². The number of esters is 2. The van der Waals surface area contributed by atoms with Gasteiger partial charge in [0.1, 0.15) is 0 Å². The first-order chi connectivity index (χ1) is 19.2. The molecule has 0 unspecified atom stereocenters. The highest BCUT2D eigenvalue weighted by Crippen LogP contribution is 2.41. The van der Waals surface area contributed by atoms with Crippen LogP contribution in [0.3, 0.4) is 0 Å². The highest BCUT2D eigenvalue weighted by atomic mass is 32.1. The third kappa shape index (κ3) is 3.34. The monoisotopic (exact) mass is 538 g/mol. The standard InChI is InChI=1S/C34H18O3S2/c35-33(23-11-5-7-19-15-17-27-31(29(19)23)21-9-1-3-13-25(21)38-27)37-34(36)24-12-6-8-20-16-18-28-32(30(20)24)22-10-2-4-14-26(22)39-28/h1-18H. The summed E-state index contributed by atoms with van der Waals surface area (Å²) < 4.78 is 10.1. The molecule has 39 heavy (non-hydrogen) atoms. The van der Waals surface area contributed by atoms with Crippen molar-refractivity contribution in [2.75, 3.05) is 0 Å². The summed E-state index contributed by atoms with van der Waals surface area (Å²) in [6.45, 7) is 0. The van der Waals surface area contributed by atoms with Gasteiger partial charge in [-0.1, -0.05) is 72.8 Å². The van der Waals surface area contributed by atoms with Crippen LogP contribution in [-0.2, 0) is 4.74 Å². The summed E-state index contributed by atoms with van der Waals surface area (Å²) >= 11 is 3.39. The van der Waals surface area contributed by atoms with E-state index < -0.39 is 11.9 Å². The zero-order chi connectivity index (χ0) is 26.1.